The number of nitrogens with one attached hydrogen (secondary N) is 1. The number of rotatable bonds is 4. The highest BCUT2D eigenvalue weighted by atomic mass is 16.2. The lowest BCUT2D eigenvalue weighted by atomic mass is 10.3. The summed E-state index contributed by atoms with van der Waals surface area (Å²) in [6.07, 6.45) is 1.65. The van der Waals surface area contributed by atoms with Crippen LogP contribution >= 0.6 is 0 Å². The molecule has 2 aromatic rings. The summed E-state index contributed by atoms with van der Waals surface area (Å²) in [4.78, 5) is 27.6. The summed E-state index contributed by atoms with van der Waals surface area (Å²) in [6.45, 7) is 3.43. The average molecular weight is 259 g/mol. The molecule has 0 bridgehead atoms. The molecule has 0 radical (unpaired) electrons. The second-order valence-corrected chi connectivity index (χ2v) is 4.41. The van der Waals surface area contributed by atoms with E-state index in [2.05, 4.69) is 10.3 Å². The quantitative estimate of drug-likeness (QED) is 0.910. The minimum absolute atomic E-state index is 0.00754. The van der Waals surface area contributed by atoms with Crippen LogP contribution in [0.4, 0.5) is 0 Å². The van der Waals surface area contributed by atoms with Crippen molar-refractivity contribution in [2.45, 2.75) is 26.7 Å². The van der Waals surface area contributed by atoms with Crippen molar-refractivity contribution in [1.82, 2.24) is 14.9 Å². The molecule has 1 aromatic heterocycles. The zero-order chi connectivity index (χ0) is 13.8. The topological polar surface area (TPSA) is 64.0 Å². The van der Waals surface area contributed by atoms with Gasteiger partial charge in [-0.25, -0.2) is 4.98 Å². The summed E-state index contributed by atoms with van der Waals surface area (Å²) in [5.74, 6) is 0.376. The van der Waals surface area contributed by atoms with Gasteiger partial charge < -0.3 is 5.32 Å². The van der Waals surface area contributed by atoms with Crippen LogP contribution in [-0.4, -0.2) is 27.9 Å². The van der Waals surface area contributed by atoms with E-state index < -0.39 is 0 Å². The summed E-state index contributed by atoms with van der Waals surface area (Å²) >= 11 is 0. The molecule has 5 heteroatoms. The fourth-order valence-corrected chi connectivity index (χ4v) is 2.02. The Hall–Kier alpha value is -2.17. The number of carbonyl (C=O) groups is 2. The molecule has 0 spiro atoms. The molecule has 5 nitrogen and oxygen atoms in total. The van der Waals surface area contributed by atoms with E-state index in [1.54, 1.807) is 4.57 Å². The number of imidazole rings is 1. The van der Waals surface area contributed by atoms with Gasteiger partial charge in [0.1, 0.15) is 5.82 Å². The highest BCUT2D eigenvalue weighted by molar-refractivity contribution is 5.93. The first kappa shape index (κ1) is 13.3. The predicted molar refractivity (Wildman–Crippen MR) is 73.0 cm³/mol. The third-order valence-electron chi connectivity index (χ3n) is 2.84. The second-order valence-electron chi connectivity index (χ2n) is 4.41. The van der Waals surface area contributed by atoms with Crippen LogP contribution in [-0.2, 0) is 11.2 Å². The van der Waals surface area contributed by atoms with Gasteiger partial charge >= 0.3 is 0 Å². The van der Waals surface area contributed by atoms with Crippen molar-refractivity contribution in [3.8, 4) is 0 Å². The number of aryl methyl sites for hydroxylation is 1. The summed E-state index contributed by atoms with van der Waals surface area (Å²) in [6, 6.07) is 7.53. The molecule has 0 unspecified atom stereocenters. The molecule has 1 N–H and O–H groups in total. The van der Waals surface area contributed by atoms with Crippen LogP contribution in [0, 0.1) is 0 Å². The van der Waals surface area contributed by atoms with Gasteiger partial charge in [-0.05, 0) is 18.6 Å². The van der Waals surface area contributed by atoms with Crippen LogP contribution in [0.3, 0.4) is 0 Å². The number of nitrogens with zero attached hydrogens (tertiary/aromatic N) is 2. The first-order valence-electron chi connectivity index (χ1n) is 6.37. The Morgan fingerprint density at radius 1 is 1.32 bits per heavy atom. The molecular weight excluding hydrogens is 242 g/mol. The van der Waals surface area contributed by atoms with Crippen molar-refractivity contribution in [2.24, 2.45) is 0 Å². The predicted octanol–water partition coefficient (Wildman–Crippen LogP) is 1.77. The fraction of sp³-hybridized carbons (Fsp3) is 0.357. The fourth-order valence-electron chi connectivity index (χ4n) is 2.02. The van der Waals surface area contributed by atoms with E-state index in [-0.39, 0.29) is 18.4 Å². The van der Waals surface area contributed by atoms with Gasteiger partial charge in [0.25, 0.3) is 5.91 Å². The maximum atomic E-state index is 12.2. The van der Waals surface area contributed by atoms with Crippen molar-refractivity contribution in [1.29, 1.82) is 0 Å². The lowest BCUT2D eigenvalue weighted by Crippen LogP contribution is -2.31. The Bertz CT molecular complexity index is 616. The van der Waals surface area contributed by atoms with E-state index in [9.17, 15) is 9.59 Å². The summed E-state index contributed by atoms with van der Waals surface area (Å²) < 4.78 is 1.61. The van der Waals surface area contributed by atoms with Crippen LogP contribution in [0.1, 0.15) is 30.9 Å². The van der Waals surface area contributed by atoms with Gasteiger partial charge in [-0.15, -0.1) is 0 Å². The lowest BCUT2D eigenvalue weighted by Gasteiger charge is -2.07. The molecule has 0 atom stereocenters. The number of fused-ring (bicyclic) bond motifs is 1. The highest BCUT2D eigenvalue weighted by Gasteiger charge is 2.15. The van der Waals surface area contributed by atoms with Gasteiger partial charge in [0, 0.05) is 13.3 Å². The molecule has 0 aliphatic heterocycles. The lowest BCUT2D eigenvalue weighted by molar-refractivity contribution is -0.118. The van der Waals surface area contributed by atoms with E-state index in [1.165, 1.54) is 6.92 Å². The molecule has 19 heavy (non-hydrogen) atoms. The Balaban J connectivity index is 2.40. The van der Waals surface area contributed by atoms with Crippen molar-refractivity contribution < 1.29 is 9.59 Å². The number of benzene rings is 1. The first-order valence-corrected chi connectivity index (χ1v) is 6.37. The molecule has 1 heterocycles. The number of aromatic nitrogens is 2. The van der Waals surface area contributed by atoms with Crippen LogP contribution in [0.2, 0.25) is 0 Å². The number of para-hydroxylation sites is 2. The molecular formula is C14H17N3O2. The Labute approximate surface area is 111 Å². The minimum Gasteiger partial charge on any atom is -0.347 e. The van der Waals surface area contributed by atoms with Crippen LogP contribution in [0.15, 0.2) is 24.3 Å². The van der Waals surface area contributed by atoms with Crippen LogP contribution in [0.25, 0.3) is 11.0 Å². The molecule has 0 fully saturated rings. The highest BCUT2D eigenvalue weighted by Crippen LogP contribution is 2.16. The molecule has 1 aromatic carbocycles. The first-order chi connectivity index (χ1) is 9.13. The van der Waals surface area contributed by atoms with Gasteiger partial charge in [0.2, 0.25) is 5.91 Å². The van der Waals surface area contributed by atoms with E-state index in [4.69, 9.17) is 0 Å². The molecule has 2 rings (SSSR count). The molecule has 100 valence electrons. The van der Waals surface area contributed by atoms with Gasteiger partial charge in [-0.3, -0.25) is 14.2 Å². The zero-order valence-corrected chi connectivity index (χ0v) is 11.1. The van der Waals surface area contributed by atoms with Crippen molar-refractivity contribution >= 4 is 22.8 Å². The van der Waals surface area contributed by atoms with Crippen LogP contribution in [0.5, 0.6) is 0 Å². The molecule has 0 aliphatic carbocycles. The monoisotopic (exact) mass is 259 g/mol. The summed E-state index contributed by atoms with van der Waals surface area (Å²) in [7, 11) is 0. The van der Waals surface area contributed by atoms with Gasteiger partial charge in [-0.2, -0.15) is 0 Å². The Kier molecular flexibility index (Phi) is 3.94. The van der Waals surface area contributed by atoms with E-state index in [0.29, 0.717) is 0 Å². The Morgan fingerprint density at radius 2 is 2.05 bits per heavy atom. The maximum Gasteiger partial charge on any atom is 0.251 e. The molecule has 1 amide bonds. The van der Waals surface area contributed by atoms with Gasteiger partial charge in [0.05, 0.1) is 17.6 Å². The minimum atomic E-state index is -0.213. The van der Waals surface area contributed by atoms with Crippen molar-refractivity contribution in [3.63, 3.8) is 0 Å². The summed E-state index contributed by atoms with van der Waals surface area (Å²) in [5.41, 5.74) is 1.60. The third kappa shape index (κ3) is 2.81. The summed E-state index contributed by atoms with van der Waals surface area (Å²) in [5, 5.41) is 2.53. The number of hydrogen-bond donors (Lipinski definition) is 1. The third-order valence-corrected chi connectivity index (χ3v) is 2.84. The van der Waals surface area contributed by atoms with E-state index in [1.807, 2.05) is 31.2 Å². The number of carbonyl (C=O) groups excluding carboxylic acids is 2. The smallest absolute Gasteiger partial charge is 0.251 e. The van der Waals surface area contributed by atoms with Gasteiger partial charge in [0.15, 0.2) is 0 Å². The SMILES string of the molecule is CCCc1nc2ccccc2n1C(=O)CNC(C)=O. The number of hydrogen-bond acceptors (Lipinski definition) is 3. The maximum absolute atomic E-state index is 12.2. The van der Waals surface area contributed by atoms with E-state index >= 15 is 0 Å². The normalized spacial score (nSPS) is 10.6. The average Bonchev–Trinajstić information content (AvgIpc) is 2.74. The Morgan fingerprint density at radius 3 is 2.74 bits per heavy atom. The second kappa shape index (κ2) is 5.65. The number of amides is 1. The standard InChI is InChI=1S/C14H17N3O2/c1-3-6-13-16-11-7-4-5-8-12(11)17(13)14(19)9-15-10(2)18/h4-5,7-8H,3,6,9H2,1-2H3,(H,15,18). The molecule has 0 saturated carbocycles. The van der Waals surface area contributed by atoms with Crippen LogP contribution < -0.4 is 5.32 Å². The van der Waals surface area contributed by atoms with E-state index in [0.717, 1.165) is 29.7 Å². The van der Waals surface area contributed by atoms with Crippen molar-refractivity contribution in [2.75, 3.05) is 6.54 Å². The van der Waals surface area contributed by atoms with Gasteiger partial charge in [-0.1, -0.05) is 19.1 Å². The zero-order valence-electron chi connectivity index (χ0n) is 11.1. The largest absolute Gasteiger partial charge is 0.347 e. The molecule has 0 aliphatic rings. The molecule has 0 saturated heterocycles. The van der Waals surface area contributed by atoms with Crippen molar-refractivity contribution in [3.05, 3.63) is 30.1 Å².